The summed E-state index contributed by atoms with van der Waals surface area (Å²) >= 11 is 0. The fourth-order valence-corrected chi connectivity index (χ4v) is 3.45. The lowest BCUT2D eigenvalue weighted by Gasteiger charge is -2.32. The van der Waals surface area contributed by atoms with E-state index in [1.807, 2.05) is 0 Å². The third-order valence-corrected chi connectivity index (χ3v) is 4.83. The number of alkyl halides is 3. The van der Waals surface area contributed by atoms with Crippen LogP contribution in [0.1, 0.15) is 19.3 Å². The molecule has 0 aromatic heterocycles. The standard InChI is InChI=1S/C12H23F3N2O3S/c1-16-11(8-20-9-12(13,14)15)6-10-4-3-5-17(7-10)21(2,18)19/h10-11,16H,3-9H2,1-2H3. The number of hydrogen-bond donors (Lipinski definition) is 1. The monoisotopic (exact) mass is 332 g/mol. The molecule has 0 amide bonds. The molecule has 1 fully saturated rings. The summed E-state index contributed by atoms with van der Waals surface area (Å²) in [7, 11) is -1.54. The molecule has 1 N–H and O–H groups in total. The second kappa shape index (κ2) is 7.75. The maximum absolute atomic E-state index is 12.0. The molecule has 1 aliphatic heterocycles. The Morgan fingerprint density at radius 2 is 2.10 bits per heavy atom. The lowest BCUT2D eigenvalue weighted by Crippen LogP contribution is -2.42. The Morgan fingerprint density at radius 3 is 2.62 bits per heavy atom. The zero-order valence-electron chi connectivity index (χ0n) is 12.3. The van der Waals surface area contributed by atoms with Crippen molar-refractivity contribution in [3.8, 4) is 0 Å². The molecule has 2 atom stereocenters. The Morgan fingerprint density at radius 1 is 1.43 bits per heavy atom. The van der Waals surface area contributed by atoms with Gasteiger partial charge in [-0.1, -0.05) is 0 Å². The predicted molar refractivity (Wildman–Crippen MR) is 73.5 cm³/mol. The van der Waals surface area contributed by atoms with E-state index >= 15 is 0 Å². The molecule has 1 rings (SSSR count). The van der Waals surface area contributed by atoms with Crippen LogP contribution in [0.15, 0.2) is 0 Å². The molecule has 0 radical (unpaired) electrons. The van der Waals surface area contributed by atoms with Crippen molar-refractivity contribution in [2.24, 2.45) is 5.92 Å². The SMILES string of the molecule is CNC(COCC(F)(F)F)CC1CCCN(S(C)(=O)=O)C1. The van der Waals surface area contributed by atoms with Crippen LogP contribution in [0.4, 0.5) is 13.2 Å². The van der Waals surface area contributed by atoms with Crippen LogP contribution in [0.5, 0.6) is 0 Å². The molecule has 126 valence electrons. The number of nitrogens with zero attached hydrogens (tertiary/aromatic N) is 1. The lowest BCUT2D eigenvalue weighted by molar-refractivity contribution is -0.175. The lowest BCUT2D eigenvalue weighted by atomic mass is 9.92. The molecule has 5 nitrogen and oxygen atoms in total. The zero-order chi connectivity index (χ0) is 16.1. The molecule has 0 spiro atoms. The van der Waals surface area contributed by atoms with E-state index in [2.05, 4.69) is 10.1 Å². The van der Waals surface area contributed by atoms with Gasteiger partial charge in [0.15, 0.2) is 0 Å². The predicted octanol–water partition coefficient (Wildman–Crippen LogP) is 1.21. The molecule has 1 saturated heterocycles. The molecule has 21 heavy (non-hydrogen) atoms. The molecule has 9 heteroatoms. The highest BCUT2D eigenvalue weighted by Gasteiger charge is 2.29. The summed E-state index contributed by atoms with van der Waals surface area (Å²) in [5, 5.41) is 2.93. The minimum Gasteiger partial charge on any atom is -0.370 e. The number of nitrogens with one attached hydrogen (secondary N) is 1. The van der Waals surface area contributed by atoms with Gasteiger partial charge in [0.2, 0.25) is 10.0 Å². The number of likely N-dealkylation sites (N-methyl/N-ethyl adjacent to an activating group) is 1. The van der Waals surface area contributed by atoms with Crippen molar-refractivity contribution in [2.45, 2.75) is 31.5 Å². The highest BCUT2D eigenvalue weighted by atomic mass is 32.2. The number of rotatable bonds is 7. The van der Waals surface area contributed by atoms with Gasteiger partial charge >= 0.3 is 6.18 Å². The number of piperidine rings is 1. The molecule has 0 aromatic rings. The number of ether oxygens (including phenoxy) is 1. The van der Waals surface area contributed by atoms with Gasteiger partial charge in [0.1, 0.15) is 6.61 Å². The largest absolute Gasteiger partial charge is 0.411 e. The Bertz CT molecular complexity index is 414. The van der Waals surface area contributed by atoms with Crippen LogP contribution in [0.2, 0.25) is 0 Å². The van der Waals surface area contributed by atoms with E-state index in [0.29, 0.717) is 19.5 Å². The normalized spacial score (nSPS) is 23.2. The van der Waals surface area contributed by atoms with Crippen molar-refractivity contribution in [1.82, 2.24) is 9.62 Å². The maximum Gasteiger partial charge on any atom is 0.411 e. The summed E-state index contributed by atoms with van der Waals surface area (Å²) in [5.74, 6) is 0.139. The summed E-state index contributed by atoms with van der Waals surface area (Å²) in [6.45, 7) is -0.350. The van der Waals surface area contributed by atoms with Gasteiger partial charge in [-0.15, -0.1) is 0 Å². The molecule has 0 saturated carbocycles. The average molecular weight is 332 g/mol. The average Bonchev–Trinajstić information content (AvgIpc) is 2.35. The van der Waals surface area contributed by atoms with Crippen molar-refractivity contribution in [1.29, 1.82) is 0 Å². The third-order valence-electron chi connectivity index (χ3n) is 3.56. The van der Waals surface area contributed by atoms with Gasteiger partial charge in [0.05, 0.1) is 12.9 Å². The minimum atomic E-state index is -4.32. The van der Waals surface area contributed by atoms with E-state index in [-0.39, 0.29) is 18.6 Å². The van der Waals surface area contributed by atoms with Crippen LogP contribution in [0, 0.1) is 5.92 Å². The van der Waals surface area contributed by atoms with Crippen molar-refractivity contribution in [2.75, 3.05) is 39.6 Å². The van der Waals surface area contributed by atoms with E-state index in [1.54, 1.807) is 7.05 Å². The number of hydrogen-bond acceptors (Lipinski definition) is 4. The van der Waals surface area contributed by atoms with Crippen LogP contribution in [-0.4, -0.2) is 64.5 Å². The van der Waals surface area contributed by atoms with Crippen molar-refractivity contribution >= 4 is 10.0 Å². The molecule has 0 aromatic carbocycles. The van der Waals surface area contributed by atoms with Crippen molar-refractivity contribution in [3.05, 3.63) is 0 Å². The fourth-order valence-electron chi connectivity index (χ4n) is 2.51. The second-order valence-electron chi connectivity index (χ2n) is 5.48. The Labute approximate surface area is 123 Å². The van der Waals surface area contributed by atoms with Gasteiger partial charge in [-0.05, 0) is 32.2 Å². The van der Waals surface area contributed by atoms with E-state index in [1.165, 1.54) is 10.6 Å². The quantitative estimate of drug-likeness (QED) is 0.761. The second-order valence-corrected chi connectivity index (χ2v) is 7.46. The first-order chi connectivity index (χ1) is 9.62. The third kappa shape index (κ3) is 7.44. The van der Waals surface area contributed by atoms with Gasteiger partial charge in [0.25, 0.3) is 0 Å². The molecule has 2 unspecified atom stereocenters. The minimum absolute atomic E-state index is 0.0363. The summed E-state index contributed by atoms with van der Waals surface area (Å²) in [6.07, 6.45) is -0.894. The summed E-state index contributed by atoms with van der Waals surface area (Å²) in [5.41, 5.74) is 0. The first-order valence-electron chi connectivity index (χ1n) is 6.88. The van der Waals surface area contributed by atoms with Crippen LogP contribution in [0.3, 0.4) is 0 Å². The van der Waals surface area contributed by atoms with E-state index in [9.17, 15) is 21.6 Å². The van der Waals surface area contributed by atoms with Gasteiger partial charge in [0, 0.05) is 19.1 Å². The van der Waals surface area contributed by atoms with Gasteiger partial charge in [-0.2, -0.15) is 13.2 Å². The van der Waals surface area contributed by atoms with E-state index < -0.39 is 22.8 Å². The summed E-state index contributed by atoms with van der Waals surface area (Å²) in [6, 6.07) is -0.211. The van der Waals surface area contributed by atoms with Crippen LogP contribution < -0.4 is 5.32 Å². The fraction of sp³-hybridized carbons (Fsp3) is 1.00. The van der Waals surface area contributed by atoms with E-state index in [0.717, 1.165) is 12.8 Å². The van der Waals surface area contributed by atoms with Crippen LogP contribution in [0.25, 0.3) is 0 Å². The molecule has 1 heterocycles. The Hall–Kier alpha value is -0.380. The van der Waals surface area contributed by atoms with Crippen molar-refractivity contribution < 1.29 is 26.3 Å². The topological polar surface area (TPSA) is 58.6 Å². The van der Waals surface area contributed by atoms with E-state index in [4.69, 9.17) is 0 Å². The summed E-state index contributed by atoms with van der Waals surface area (Å²) in [4.78, 5) is 0. The Kier molecular flexibility index (Phi) is 6.89. The summed E-state index contributed by atoms with van der Waals surface area (Å²) < 4.78 is 65.3. The van der Waals surface area contributed by atoms with Crippen LogP contribution in [-0.2, 0) is 14.8 Å². The smallest absolute Gasteiger partial charge is 0.370 e. The molecular weight excluding hydrogens is 309 g/mol. The zero-order valence-corrected chi connectivity index (χ0v) is 13.1. The molecule has 0 bridgehead atoms. The number of sulfonamides is 1. The van der Waals surface area contributed by atoms with Crippen molar-refractivity contribution in [3.63, 3.8) is 0 Å². The van der Waals surface area contributed by atoms with Gasteiger partial charge in [-0.25, -0.2) is 12.7 Å². The van der Waals surface area contributed by atoms with Crippen LogP contribution >= 0.6 is 0 Å². The van der Waals surface area contributed by atoms with Gasteiger partial charge in [-0.3, -0.25) is 0 Å². The molecule has 0 aliphatic carbocycles. The first kappa shape index (κ1) is 18.7. The maximum atomic E-state index is 12.0. The Balaban J connectivity index is 2.42. The first-order valence-corrected chi connectivity index (χ1v) is 8.73. The van der Waals surface area contributed by atoms with Gasteiger partial charge < -0.3 is 10.1 Å². The number of halogens is 3. The highest BCUT2D eigenvalue weighted by molar-refractivity contribution is 7.88. The molecule has 1 aliphatic rings. The molecular formula is C12H23F3N2O3S. The highest BCUT2D eigenvalue weighted by Crippen LogP contribution is 2.23.